The van der Waals surface area contributed by atoms with E-state index in [0.717, 1.165) is 12.2 Å². The first kappa shape index (κ1) is 10.9. The first-order valence-electron chi connectivity index (χ1n) is 5.48. The van der Waals surface area contributed by atoms with E-state index in [-0.39, 0.29) is 6.04 Å². The summed E-state index contributed by atoms with van der Waals surface area (Å²) in [6, 6.07) is 10.2. The SMILES string of the molecule is Cc1ccn(CC(N)c2ccccc2C)n1. The molecule has 0 saturated carbocycles. The minimum atomic E-state index is 0.000463. The Morgan fingerprint density at radius 3 is 2.62 bits per heavy atom. The van der Waals surface area contributed by atoms with Crippen molar-refractivity contribution in [3.8, 4) is 0 Å². The Morgan fingerprint density at radius 1 is 1.25 bits per heavy atom. The maximum absolute atomic E-state index is 6.18. The van der Waals surface area contributed by atoms with Crippen LogP contribution in [0.5, 0.6) is 0 Å². The summed E-state index contributed by atoms with van der Waals surface area (Å²) in [4.78, 5) is 0. The average molecular weight is 215 g/mol. The molecule has 3 heteroatoms. The quantitative estimate of drug-likeness (QED) is 0.853. The fraction of sp³-hybridized carbons (Fsp3) is 0.308. The van der Waals surface area contributed by atoms with E-state index in [0.29, 0.717) is 0 Å². The van der Waals surface area contributed by atoms with E-state index in [1.165, 1.54) is 11.1 Å². The van der Waals surface area contributed by atoms with Crippen LogP contribution in [0.25, 0.3) is 0 Å². The molecular formula is C13H17N3. The van der Waals surface area contributed by atoms with Gasteiger partial charge in [0.2, 0.25) is 0 Å². The normalized spacial score (nSPS) is 12.7. The summed E-state index contributed by atoms with van der Waals surface area (Å²) in [6.45, 7) is 4.79. The van der Waals surface area contributed by atoms with Crippen molar-refractivity contribution in [3.05, 3.63) is 53.3 Å². The molecule has 2 rings (SSSR count). The second-order valence-corrected chi connectivity index (χ2v) is 4.14. The molecule has 1 unspecified atom stereocenters. The summed E-state index contributed by atoms with van der Waals surface area (Å²) >= 11 is 0. The Bertz CT molecular complexity index is 474. The summed E-state index contributed by atoms with van der Waals surface area (Å²) in [5.41, 5.74) is 9.63. The van der Waals surface area contributed by atoms with E-state index >= 15 is 0 Å². The maximum Gasteiger partial charge on any atom is 0.0602 e. The number of hydrogen-bond acceptors (Lipinski definition) is 2. The predicted octanol–water partition coefficient (Wildman–Crippen LogP) is 2.20. The predicted molar refractivity (Wildman–Crippen MR) is 65.1 cm³/mol. The number of rotatable bonds is 3. The van der Waals surface area contributed by atoms with E-state index < -0.39 is 0 Å². The summed E-state index contributed by atoms with van der Waals surface area (Å²) < 4.78 is 1.90. The molecule has 0 aliphatic heterocycles. The van der Waals surface area contributed by atoms with Gasteiger partial charge < -0.3 is 5.73 Å². The first-order chi connectivity index (χ1) is 7.66. The molecule has 0 aliphatic rings. The summed E-state index contributed by atoms with van der Waals surface area (Å²) in [5.74, 6) is 0. The maximum atomic E-state index is 6.18. The molecule has 2 aromatic rings. The van der Waals surface area contributed by atoms with Gasteiger partial charge in [0.05, 0.1) is 12.2 Å². The zero-order chi connectivity index (χ0) is 11.5. The van der Waals surface area contributed by atoms with Crippen LogP contribution in [-0.4, -0.2) is 9.78 Å². The van der Waals surface area contributed by atoms with Gasteiger partial charge in [-0.2, -0.15) is 5.10 Å². The fourth-order valence-corrected chi connectivity index (χ4v) is 1.87. The van der Waals surface area contributed by atoms with Crippen molar-refractivity contribution in [2.45, 2.75) is 26.4 Å². The van der Waals surface area contributed by atoms with Crippen LogP contribution in [0.2, 0.25) is 0 Å². The monoisotopic (exact) mass is 215 g/mol. The van der Waals surface area contributed by atoms with Gasteiger partial charge in [-0.15, -0.1) is 0 Å². The van der Waals surface area contributed by atoms with Gasteiger partial charge in [-0.3, -0.25) is 4.68 Å². The van der Waals surface area contributed by atoms with Gasteiger partial charge in [0, 0.05) is 12.2 Å². The number of nitrogens with two attached hydrogens (primary N) is 1. The number of aryl methyl sites for hydroxylation is 2. The molecule has 0 amide bonds. The number of hydrogen-bond donors (Lipinski definition) is 1. The molecule has 16 heavy (non-hydrogen) atoms. The van der Waals surface area contributed by atoms with Crippen LogP contribution in [0.3, 0.4) is 0 Å². The van der Waals surface area contributed by atoms with Crippen molar-refractivity contribution in [2.24, 2.45) is 5.73 Å². The number of nitrogens with zero attached hydrogens (tertiary/aromatic N) is 2. The van der Waals surface area contributed by atoms with Crippen LogP contribution in [-0.2, 0) is 6.54 Å². The lowest BCUT2D eigenvalue weighted by atomic mass is 10.0. The van der Waals surface area contributed by atoms with E-state index in [1.54, 1.807) is 0 Å². The lowest BCUT2D eigenvalue weighted by Gasteiger charge is -2.14. The van der Waals surface area contributed by atoms with Gasteiger partial charge in [-0.1, -0.05) is 24.3 Å². The molecule has 0 bridgehead atoms. The zero-order valence-electron chi connectivity index (χ0n) is 9.72. The molecule has 84 valence electrons. The van der Waals surface area contributed by atoms with E-state index in [9.17, 15) is 0 Å². The average Bonchev–Trinajstić information content (AvgIpc) is 2.64. The van der Waals surface area contributed by atoms with Gasteiger partial charge in [0.1, 0.15) is 0 Å². The summed E-state index contributed by atoms with van der Waals surface area (Å²) in [7, 11) is 0. The van der Waals surface area contributed by atoms with E-state index in [2.05, 4.69) is 24.2 Å². The topological polar surface area (TPSA) is 43.8 Å². The minimum absolute atomic E-state index is 0.000463. The first-order valence-corrected chi connectivity index (χ1v) is 5.48. The largest absolute Gasteiger partial charge is 0.322 e. The Hall–Kier alpha value is -1.61. The van der Waals surface area contributed by atoms with Gasteiger partial charge in [-0.25, -0.2) is 0 Å². The van der Waals surface area contributed by atoms with Gasteiger partial charge >= 0.3 is 0 Å². The van der Waals surface area contributed by atoms with Crippen LogP contribution in [0, 0.1) is 13.8 Å². The van der Waals surface area contributed by atoms with E-state index in [4.69, 9.17) is 5.73 Å². The Kier molecular flexibility index (Phi) is 3.06. The third-order valence-corrected chi connectivity index (χ3v) is 2.75. The van der Waals surface area contributed by atoms with Crippen LogP contribution >= 0.6 is 0 Å². The Balaban J connectivity index is 2.14. The van der Waals surface area contributed by atoms with Gasteiger partial charge in [-0.05, 0) is 31.0 Å². The smallest absolute Gasteiger partial charge is 0.0602 e. The second kappa shape index (κ2) is 4.49. The van der Waals surface area contributed by atoms with Crippen LogP contribution in [0.1, 0.15) is 22.9 Å². The third-order valence-electron chi connectivity index (χ3n) is 2.75. The molecule has 1 aromatic carbocycles. The molecule has 0 fully saturated rings. The molecule has 1 atom stereocenters. The van der Waals surface area contributed by atoms with Crippen LogP contribution < -0.4 is 5.73 Å². The highest BCUT2D eigenvalue weighted by molar-refractivity contribution is 5.28. The van der Waals surface area contributed by atoms with Crippen LogP contribution in [0.4, 0.5) is 0 Å². The van der Waals surface area contributed by atoms with E-state index in [1.807, 2.05) is 36.0 Å². The molecule has 1 aromatic heterocycles. The second-order valence-electron chi connectivity index (χ2n) is 4.14. The standard InChI is InChI=1S/C13H17N3/c1-10-5-3-4-6-12(10)13(14)9-16-8-7-11(2)15-16/h3-8,13H,9,14H2,1-2H3. The third kappa shape index (κ3) is 2.31. The van der Waals surface area contributed by atoms with Crippen molar-refractivity contribution in [2.75, 3.05) is 0 Å². The summed E-state index contributed by atoms with van der Waals surface area (Å²) in [6.07, 6.45) is 1.97. The zero-order valence-corrected chi connectivity index (χ0v) is 9.72. The summed E-state index contributed by atoms with van der Waals surface area (Å²) in [5, 5.41) is 4.34. The minimum Gasteiger partial charge on any atom is -0.322 e. The van der Waals surface area contributed by atoms with Crippen molar-refractivity contribution in [1.29, 1.82) is 0 Å². The van der Waals surface area contributed by atoms with Gasteiger partial charge in [0.15, 0.2) is 0 Å². The Labute approximate surface area is 95.9 Å². The molecule has 0 aliphatic carbocycles. The molecular weight excluding hydrogens is 198 g/mol. The van der Waals surface area contributed by atoms with Crippen molar-refractivity contribution in [3.63, 3.8) is 0 Å². The highest BCUT2D eigenvalue weighted by Gasteiger charge is 2.09. The lowest BCUT2D eigenvalue weighted by Crippen LogP contribution is -2.18. The number of aromatic nitrogens is 2. The van der Waals surface area contributed by atoms with Crippen molar-refractivity contribution >= 4 is 0 Å². The Morgan fingerprint density at radius 2 is 2.00 bits per heavy atom. The van der Waals surface area contributed by atoms with Crippen LogP contribution in [0.15, 0.2) is 36.5 Å². The van der Waals surface area contributed by atoms with Crippen molar-refractivity contribution in [1.82, 2.24) is 9.78 Å². The van der Waals surface area contributed by atoms with Gasteiger partial charge in [0.25, 0.3) is 0 Å². The highest BCUT2D eigenvalue weighted by atomic mass is 15.3. The molecule has 0 saturated heterocycles. The molecule has 0 radical (unpaired) electrons. The molecule has 3 nitrogen and oxygen atoms in total. The molecule has 2 N–H and O–H groups in total. The molecule has 1 heterocycles. The molecule has 0 spiro atoms. The highest BCUT2D eigenvalue weighted by Crippen LogP contribution is 2.16. The van der Waals surface area contributed by atoms with Crippen molar-refractivity contribution < 1.29 is 0 Å². The lowest BCUT2D eigenvalue weighted by molar-refractivity contribution is 0.523. The fourth-order valence-electron chi connectivity index (χ4n) is 1.87. The number of benzene rings is 1.